The smallest absolute Gasteiger partial charge is 0.308 e. The number of likely N-dealkylation sites (tertiary alicyclic amines) is 1. The number of rotatable bonds is 11. The van der Waals surface area contributed by atoms with E-state index in [-0.39, 0.29) is 5.92 Å². The fourth-order valence-electron chi connectivity index (χ4n) is 5.36. The number of alkyl halides is 1. The van der Waals surface area contributed by atoms with Crippen LogP contribution in [0.2, 0.25) is 0 Å². The third-order valence-corrected chi connectivity index (χ3v) is 7.38. The van der Waals surface area contributed by atoms with Gasteiger partial charge in [-0.3, -0.25) is 9.78 Å². The molecule has 2 heterocycles. The molecule has 3 atom stereocenters. The number of nitrogens with zero attached hydrogens (tertiary/aromatic N) is 2. The van der Waals surface area contributed by atoms with Gasteiger partial charge in [0.1, 0.15) is 17.7 Å². The van der Waals surface area contributed by atoms with Crippen LogP contribution in [0.25, 0.3) is 10.9 Å². The molecule has 4 rings (SSSR count). The summed E-state index contributed by atoms with van der Waals surface area (Å²) in [4.78, 5) is 18.7. The monoisotopic (exact) mass is 494 g/mol. The number of aromatic nitrogens is 1. The number of para-hydroxylation sites is 1. The van der Waals surface area contributed by atoms with Gasteiger partial charge in [0.05, 0.1) is 25.7 Å². The van der Waals surface area contributed by atoms with Crippen molar-refractivity contribution in [2.24, 2.45) is 11.8 Å². The molecule has 1 saturated heterocycles. The Hall–Kier alpha value is -3.19. The normalized spacial score (nSPS) is 19.2. The van der Waals surface area contributed by atoms with Crippen LogP contribution in [-0.2, 0) is 11.2 Å². The van der Waals surface area contributed by atoms with E-state index in [1.807, 2.05) is 36.4 Å². The van der Waals surface area contributed by atoms with Crippen LogP contribution in [0.3, 0.4) is 0 Å². The average molecular weight is 495 g/mol. The molecular formula is C29H35FN2O4. The summed E-state index contributed by atoms with van der Waals surface area (Å²) in [5.74, 6) is 0.248. The van der Waals surface area contributed by atoms with E-state index >= 15 is 4.39 Å². The highest BCUT2D eigenvalue weighted by molar-refractivity contribution is 5.83. The summed E-state index contributed by atoms with van der Waals surface area (Å²) in [6.07, 6.45) is 3.86. The van der Waals surface area contributed by atoms with E-state index in [4.69, 9.17) is 9.47 Å². The van der Waals surface area contributed by atoms with E-state index in [0.29, 0.717) is 30.7 Å². The maximum absolute atomic E-state index is 15.4. The second-order valence-corrected chi connectivity index (χ2v) is 9.54. The molecule has 0 amide bonds. The minimum Gasteiger partial charge on any atom is -0.497 e. The van der Waals surface area contributed by atoms with Crippen molar-refractivity contribution in [1.29, 1.82) is 0 Å². The van der Waals surface area contributed by atoms with Crippen LogP contribution in [0.1, 0.15) is 43.0 Å². The highest BCUT2D eigenvalue weighted by Gasteiger charge is 2.34. The molecule has 1 aromatic heterocycles. The lowest BCUT2D eigenvalue weighted by Crippen LogP contribution is -2.44. The van der Waals surface area contributed by atoms with Crippen LogP contribution in [-0.4, -0.2) is 54.8 Å². The van der Waals surface area contributed by atoms with Crippen molar-refractivity contribution < 1.29 is 23.8 Å². The van der Waals surface area contributed by atoms with E-state index in [0.717, 1.165) is 49.0 Å². The first kappa shape index (κ1) is 25.9. The predicted octanol–water partition coefficient (Wildman–Crippen LogP) is 5.70. The Balaban J connectivity index is 1.33. The maximum atomic E-state index is 15.4. The molecule has 1 fully saturated rings. The molecule has 7 heteroatoms. The van der Waals surface area contributed by atoms with Crippen molar-refractivity contribution in [2.75, 3.05) is 33.9 Å². The van der Waals surface area contributed by atoms with Crippen LogP contribution in [0.5, 0.6) is 11.5 Å². The van der Waals surface area contributed by atoms with Crippen LogP contribution < -0.4 is 9.47 Å². The lowest BCUT2D eigenvalue weighted by Gasteiger charge is -2.37. The van der Waals surface area contributed by atoms with Gasteiger partial charge >= 0.3 is 5.97 Å². The van der Waals surface area contributed by atoms with Gasteiger partial charge in [0.2, 0.25) is 0 Å². The van der Waals surface area contributed by atoms with Gasteiger partial charge in [-0.2, -0.15) is 0 Å². The number of halogens is 1. The van der Waals surface area contributed by atoms with E-state index < -0.39 is 18.1 Å². The molecule has 1 aliphatic heterocycles. The quantitative estimate of drug-likeness (QED) is 0.369. The third kappa shape index (κ3) is 6.13. The number of carbonyl (C=O) groups is 1. The average Bonchev–Trinajstić information content (AvgIpc) is 2.91. The number of methoxy groups -OCH3 is 2. The molecule has 0 saturated carbocycles. The molecule has 1 unspecified atom stereocenters. The third-order valence-electron chi connectivity index (χ3n) is 7.38. The number of hydrogen-bond donors (Lipinski definition) is 1. The van der Waals surface area contributed by atoms with E-state index in [9.17, 15) is 9.90 Å². The molecule has 6 nitrogen and oxygen atoms in total. The van der Waals surface area contributed by atoms with E-state index in [1.165, 1.54) is 5.56 Å². The molecule has 36 heavy (non-hydrogen) atoms. The van der Waals surface area contributed by atoms with Crippen molar-refractivity contribution in [3.8, 4) is 11.5 Å². The molecule has 0 spiro atoms. The van der Waals surface area contributed by atoms with Gasteiger partial charge < -0.3 is 19.5 Å². The Morgan fingerprint density at radius 1 is 1.19 bits per heavy atom. The summed E-state index contributed by atoms with van der Waals surface area (Å²) < 4.78 is 26.1. The summed E-state index contributed by atoms with van der Waals surface area (Å²) in [5.41, 5.74) is 2.47. The zero-order valence-corrected chi connectivity index (χ0v) is 21.0. The van der Waals surface area contributed by atoms with E-state index in [1.54, 1.807) is 26.5 Å². The van der Waals surface area contributed by atoms with Gasteiger partial charge in [0, 0.05) is 18.1 Å². The van der Waals surface area contributed by atoms with Gasteiger partial charge in [-0.15, -0.1) is 0 Å². The number of hydrogen-bond acceptors (Lipinski definition) is 5. The van der Waals surface area contributed by atoms with Crippen LogP contribution >= 0.6 is 0 Å². The molecule has 192 valence electrons. The zero-order valence-electron chi connectivity index (χ0n) is 21.0. The Morgan fingerprint density at radius 3 is 2.81 bits per heavy atom. The van der Waals surface area contributed by atoms with Crippen molar-refractivity contribution in [1.82, 2.24) is 9.88 Å². The Bertz CT molecular complexity index is 1170. The zero-order chi connectivity index (χ0) is 25.5. The number of aliphatic carboxylic acids is 1. The summed E-state index contributed by atoms with van der Waals surface area (Å²) >= 11 is 0. The standard InChI is InChI=1S/C29H35FN2O4/c1-35-22-10-12-27-24(18-22)23(13-15-31-27)26(30)11-9-20-14-17-32(19-25(20)29(33)34)16-5-7-21-6-3-4-8-28(21)36-2/h3-4,6,8,10,12-13,15,18,20,25-26H,5,7,9,11,14,16-17,19H2,1-2H3,(H,33,34)/t20-,25+,26?/m1/s1. The molecule has 0 aliphatic carbocycles. The first-order valence-corrected chi connectivity index (χ1v) is 12.6. The number of pyridine rings is 1. The number of aryl methyl sites for hydroxylation is 1. The minimum atomic E-state index is -1.18. The summed E-state index contributed by atoms with van der Waals surface area (Å²) in [6.45, 7) is 2.19. The maximum Gasteiger partial charge on any atom is 0.308 e. The lowest BCUT2D eigenvalue weighted by atomic mass is 9.81. The molecule has 0 bridgehead atoms. The van der Waals surface area contributed by atoms with Crippen molar-refractivity contribution in [3.63, 3.8) is 0 Å². The number of piperidine rings is 1. The largest absolute Gasteiger partial charge is 0.497 e. The molecule has 1 N–H and O–H groups in total. The molecule has 0 radical (unpaired) electrons. The molecule has 2 aromatic carbocycles. The molecule has 1 aliphatic rings. The number of fused-ring (bicyclic) bond motifs is 1. The lowest BCUT2D eigenvalue weighted by molar-refractivity contribution is -0.146. The van der Waals surface area contributed by atoms with Crippen LogP contribution in [0, 0.1) is 11.8 Å². The second-order valence-electron chi connectivity index (χ2n) is 9.54. The highest BCUT2D eigenvalue weighted by Crippen LogP contribution is 2.35. The highest BCUT2D eigenvalue weighted by atomic mass is 19.1. The Morgan fingerprint density at radius 2 is 2.03 bits per heavy atom. The minimum absolute atomic E-state index is 0.0335. The first-order valence-electron chi connectivity index (χ1n) is 12.6. The van der Waals surface area contributed by atoms with Crippen molar-refractivity contribution in [2.45, 2.75) is 38.3 Å². The van der Waals surface area contributed by atoms with Crippen molar-refractivity contribution in [3.05, 3.63) is 65.9 Å². The van der Waals surface area contributed by atoms with Gasteiger partial charge in [-0.1, -0.05) is 18.2 Å². The summed E-state index contributed by atoms with van der Waals surface area (Å²) in [5, 5.41) is 10.7. The van der Waals surface area contributed by atoms with Gasteiger partial charge in [-0.05, 0) is 92.6 Å². The number of carboxylic acids is 1. The van der Waals surface area contributed by atoms with Gasteiger partial charge in [0.15, 0.2) is 0 Å². The van der Waals surface area contributed by atoms with Crippen LogP contribution in [0.4, 0.5) is 4.39 Å². The Labute approximate surface area is 212 Å². The number of carboxylic acid groups (broad SMARTS) is 1. The fraction of sp³-hybridized carbons (Fsp3) is 0.448. The molecule has 3 aromatic rings. The van der Waals surface area contributed by atoms with Gasteiger partial charge in [-0.25, -0.2) is 4.39 Å². The number of benzene rings is 2. The van der Waals surface area contributed by atoms with Gasteiger partial charge in [0.25, 0.3) is 0 Å². The molecular weight excluding hydrogens is 459 g/mol. The fourth-order valence-corrected chi connectivity index (χ4v) is 5.36. The first-order chi connectivity index (χ1) is 17.5. The van der Waals surface area contributed by atoms with E-state index in [2.05, 4.69) is 16.0 Å². The SMILES string of the molecule is COc1ccc2nccc(C(F)CC[C@@H]3CCN(CCCc4ccccc4OC)C[C@@H]3C(=O)O)c2c1. The predicted molar refractivity (Wildman–Crippen MR) is 138 cm³/mol. The summed E-state index contributed by atoms with van der Waals surface area (Å²) in [6, 6.07) is 15.2. The van der Waals surface area contributed by atoms with Crippen LogP contribution in [0.15, 0.2) is 54.7 Å². The topological polar surface area (TPSA) is 71.9 Å². The Kier molecular flexibility index (Phi) is 8.75. The second kappa shape index (κ2) is 12.2. The van der Waals surface area contributed by atoms with Crippen molar-refractivity contribution >= 4 is 16.9 Å². The number of ether oxygens (including phenoxy) is 2. The summed E-state index contributed by atoms with van der Waals surface area (Å²) in [7, 11) is 3.26.